The molecule has 4 rings (SSSR count). The third-order valence-corrected chi connectivity index (χ3v) is 5.00. The molecule has 26 heavy (non-hydrogen) atoms. The van der Waals surface area contributed by atoms with Crippen molar-refractivity contribution in [1.82, 2.24) is 15.2 Å². The van der Waals surface area contributed by atoms with Gasteiger partial charge in [-0.05, 0) is 49.4 Å². The summed E-state index contributed by atoms with van der Waals surface area (Å²) in [7, 11) is 0. The SMILES string of the molecule is FC(F)(F)c1ccc(NCC2CN(c3cc4c(nn3)CCCC4)C2)nc1. The van der Waals surface area contributed by atoms with Crippen LogP contribution in [-0.2, 0) is 19.0 Å². The van der Waals surface area contributed by atoms with Gasteiger partial charge in [0.1, 0.15) is 5.82 Å². The number of hydrogen-bond acceptors (Lipinski definition) is 5. The maximum Gasteiger partial charge on any atom is 0.417 e. The number of aryl methyl sites for hydroxylation is 2. The zero-order chi connectivity index (χ0) is 18.1. The van der Waals surface area contributed by atoms with Crippen LogP contribution in [0.1, 0.15) is 29.7 Å². The predicted molar refractivity (Wildman–Crippen MR) is 92.1 cm³/mol. The number of fused-ring (bicyclic) bond motifs is 1. The molecule has 0 spiro atoms. The van der Waals surface area contributed by atoms with E-state index in [1.54, 1.807) is 0 Å². The van der Waals surface area contributed by atoms with Gasteiger partial charge in [-0.2, -0.15) is 18.3 Å². The number of rotatable bonds is 4. The molecule has 1 N–H and O–H groups in total. The molecule has 2 aliphatic rings. The van der Waals surface area contributed by atoms with E-state index in [0.717, 1.165) is 49.7 Å². The molecule has 1 saturated heterocycles. The standard InChI is InChI=1S/C18H20F3N5/c19-18(20,21)14-5-6-16(23-9-14)22-8-12-10-26(11-12)17-7-13-3-1-2-4-15(13)24-25-17/h5-7,9,12H,1-4,8,10-11H2,(H,22,23). The Bertz CT molecular complexity index is 769. The summed E-state index contributed by atoms with van der Waals surface area (Å²) >= 11 is 0. The molecule has 1 fully saturated rings. The first-order valence-electron chi connectivity index (χ1n) is 8.86. The Morgan fingerprint density at radius 1 is 1.12 bits per heavy atom. The summed E-state index contributed by atoms with van der Waals surface area (Å²) in [6, 6.07) is 4.57. The van der Waals surface area contributed by atoms with Crippen molar-refractivity contribution in [2.45, 2.75) is 31.9 Å². The second-order valence-electron chi connectivity index (χ2n) is 6.96. The molecule has 0 atom stereocenters. The highest BCUT2D eigenvalue weighted by molar-refractivity contribution is 5.45. The van der Waals surface area contributed by atoms with E-state index in [1.165, 1.54) is 24.5 Å². The Morgan fingerprint density at radius 2 is 1.92 bits per heavy atom. The minimum absolute atomic E-state index is 0.414. The van der Waals surface area contributed by atoms with Crippen molar-refractivity contribution in [3.63, 3.8) is 0 Å². The Hall–Kier alpha value is -2.38. The second kappa shape index (κ2) is 6.74. The molecule has 5 nitrogen and oxygen atoms in total. The van der Waals surface area contributed by atoms with Crippen LogP contribution in [0.25, 0.3) is 0 Å². The monoisotopic (exact) mass is 363 g/mol. The number of pyridine rings is 1. The first-order chi connectivity index (χ1) is 12.5. The molecule has 0 saturated carbocycles. The zero-order valence-electron chi connectivity index (χ0n) is 14.3. The molecule has 8 heteroatoms. The van der Waals surface area contributed by atoms with Gasteiger partial charge in [0, 0.05) is 31.7 Å². The third kappa shape index (κ3) is 3.59. The van der Waals surface area contributed by atoms with Gasteiger partial charge in [-0.3, -0.25) is 0 Å². The molecule has 2 aromatic heterocycles. The molecular formula is C18H20F3N5. The minimum atomic E-state index is -4.35. The van der Waals surface area contributed by atoms with Crippen molar-refractivity contribution >= 4 is 11.6 Å². The first kappa shape index (κ1) is 17.1. The molecule has 3 heterocycles. The summed E-state index contributed by atoms with van der Waals surface area (Å²) < 4.78 is 37.6. The van der Waals surface area contributed by atoms with E-state index < -0.39 is 11.7 Å². The van der Waals surface area contributed by atoms with Gasteiger partial charge in [0.2, 0.25) is 0 Å². The zero-order valence-corrected chi connectivity index (χ0v) is 14.3. The molecule has 0 radical (unpaired) electrons. The fourth-order valence-electron chi connectivity index (χ4n) is 3.43. The van der Waals surface area contributed by atoms with Crippen molar-refractivity contribution in [3.05, 3.63) is 41.2 Å². The normalized spacial score (nSPS) is 17.6. The van der Waals surface area contributed by atoms with E-state index in [0.29, 0.717) is 18.3 Å². The predicted octanol–water partition coefficient (Wildman–Crippen LogP) is 3.32. The van der Waals surface area contributed by atoms with E-state index in [4.69, 9.17) is 0 Å². The highest BCUT2D eigenvalue weighted by atomic mass is 19.4. The summed E-state index contributed by atoms with van der Waals surface area (Å²) in [6.07, 6.45) is 1.01. The molecule has 0 bridgehead atoms. The van der Waals surface area contributed by atoms with Crippen LogP contribution in [0.4, 0.5) is 24.8 Å². The lowest BCUT2D eigenvalue weighted by Gasteiger charge is -2.40. The average Bonchev–Trinajstić information content (AvgIpc) is 2.60. The maximum absolute atomic E-state index is 12.5. The molecule has 138 valence electrons. The summed E-state index contributed by atoms with van der Waals surface area (Å²) in [5.41, 5.74) is 1.72. The molecule has 0 amide bonds. The Kier molecular flexibility index (Phi) is 4.42. The first-order valence-corrected chi connectivity index (χ1v) is 8.86. The van der Waals surface area contributed by atoms with Crippen LogP contribution in [0.3, 0.4) is 0 Å². The topological polar surface area (TPSA) is 53.9 Å². The van der Waals surface area contributed by atoms with Crippen LogP contribution in [0.5, 0.6) is 0 Å². The number of hydrogen-bond donors (Lipinski definition) is 1. The Balaban J connectivity index is 1.28. The highest BCUT2D eigenvalue weighted by Crippen LogP contribution is 2.29. The number of alkyl halides is 3. The second-order valence-corrected chi connectivity index (χ2v) is 6.96. The number of halogens is 3. The summed E-state index contributed by atoms with van der Waals surface area (Å²) in [4.78, 5) is 6.02. The van der Waals surface area contributed by atoms with E-state index in [2.05, 4.69) is 31.5 Å². The van der Waals surface area contributed by atoms with Gasteiger partial charge in [0.15, 0.2) is 5.82 Å². The van der Waals surface area contributed by atoms with Crippen molar-refractivity contribution in [1.29, 1.82) is 0 Å². The maximum atomic E-state index is 12.5. The van der Waals surface area contributed by atoms with Gasteiger partial charge >= 0.3 is 6.18 Å². The lowest BCUT2D eigenvalue weighted by molar-refractivity contribution is -0.137. The van der Waals surface area contributed by atoms with Gasteiger partial charge < -0.3 is 10.2 Å². The van der Waals surface area contributed by atoms with Gasteiger partial charge in [0.25, 0.3) is 0 Å². The van der Waals surface area contributed by atoms with Crippen LogP contribution < -0.4 is 10.2 Å². The molecule has 1 aliphatic heterocycles. The third-order valence-electron chi connectivity index (χ3n) is 5.00. The fraction of sp³-hybridized carbons (Fsp3) is 0.500. The largest absolute Gasteiger partial charge is 0.417 e. The Morgan fingerprint density at radius 3 is 2.65 bits per heavy atom. The molecule has 2 aromatic rings. The van der Waals surface area contributed by atoms with Gasteiger partial charge in [0.05, 0.1) is 11.3 Å². The highest BCUT2D eigenvalue weighted by Gasteiger charge is 2.31. The van der Waals surface area contributed by atoms with Crippen LogP contribution in [0.15, 0.2) is 24.4 Å². The van der Waals surface area contributed by atoms with Crippen molar-refractivity contribution in [2.75, 3.05) is 29.9 Å². The summed E-state index contributed by atoms with van der Waals surface area (Å²) in [5, 5.41) is 11.8. The summed E-state index contributed by atoms with van der Waals surface area (Å²) in [5.74, 6) is 1.80. The fourth-order valence-corrected chi connectivity index (χ4v) is 3.43. The van der Waals surface area contributed by atoms with E-state index in [1.807, 2.05) is 0 Å². The average molecular weight is 363 g/mol. The minimum Gasteiger partial charge on any atom is -0.370 e. The molecular weight excluding hydrogens is 343 g/mol. The number of aromatic nitrogens is 3. The van der Waals surface area contributed by atoms with Crippen LogP contribution >= 0.6 is 0 Å². The van der Waals surface area contributed by atoms with Crippen LogP contribution in [0, 0.1) is 5.92 Å². The summed E-state index contributed by atoms with van der Waals surface area (Å²) in [6.45, 7) is 2.40. The van der Waals surface area contributed by atoms with E-state index in [9.17, 15) is 13.2 Å². The smallest absolute Gasteiger partial charge is 0.370 e. The van der Waals surface area contributed by atoms with Crippen LogP contribution in [0.2, 0.25) is 0 Å². The van der Waals surface area contributed by atoms with E-state index >= 15 is 0 Å². The lowest BCUT2D eigenvalue weighted by Crippen LogP contribution is -2.50. The van der Waals surface area contributed by atoms with E-state index in [-0.39, 0.29) is 0 Å². The van der Waals surface area contributed by atoms with Crippen molar-refractivity contribution in [3.8, 4) is 0 Å². The van der Waals surface area contributed by atoms with Gasteiger partial charge in [-0.15, -0.1) is 5.10 Å². The van der Waals surface area contributed by atoms with Gasteiger partial charge in [-0.25, -0.2) is 4.98 Å². The van der Waals surface area contributed by atoms with Crippen molar-refractivity contribution < 1.29 is 13.2 Å². The molecule has 0 aromatic carbocycles. The number of nitrogens with one attached hydrogen (secondary N) is 1. The Labute approximate surface area is 149 Å². The van der Waals surface area contributed by atoms with Crippen molar-refractivity contribution in [2.24, 2.45) is 5.92 Å². The lowest BCUT2D eigenvalue weighted by atomic mass is 9.95. The number of nitrogens with zero attached hydrogens (tertiary/aromatic N) is 4. The molecule has 1 aliphatic carbocycles. The van der Waals surface area contributed by atoms with Crippen LogP contribution in [-0.4, -0.2) is 34.8 Å². The molecule has 0 unspecified atom stereocenters. The number of anilines is 2. The quantitative estimate of drug-likeness (QED) is 0.903. The van der Waals surface area contributed by atoms with Gasteiger partial charge in [-0.1, -0.05) is 0 Å².